The summed E-state index contributed by atoms with van der Waals surface area (Å²) in [6.45, 7) is 4.59. The average Bonchev–Trinajstić information content (AvgIpc) is 2.40. The van der Waals surface area contributed by atoms with E-state index in [1.807, 2.05) is 0 Å². The molecule has 0 saturated carbocycles. The first-order valence-electron chi connectivity index (χ1n) is 7.29. The van der Waals surface area contributed by atoms with Crippen LogP contribution in [0.25, 0.3) is 0 Å². The van der Waals surface area contributed by atoms with Gasteiger partial charge in [0.1, 0.15) is 0 Å². The van der Waals surface area contributed by atoms with E-state index < -0.39 is 0 Å². The van der Waals surface area contributed by atoms with Gasteiger partial charge in [-0.25, -0.2) is 0 Å². The molecule has 2 rings (SSSR count). The fourth-order valence-electron chi connectivity index (χ4n) is 2.97. The van der Waals surface area contributed by atoms with Gasteiger partial charge < -0.3 is 19.5 Å². The topological polar surface area (TPSA) is 39.7 Å². The highest BCUT2D eigenvalue weighted by atomic mass is 16.5. The Kier molecular flexibility index (Phi) is 5.89. The molecule has 0 aromatic rings. The van der Waals surface area contributed by atoms with Crippen LogP contribution in [0.1, 0.15) is 38.5 Å². The first-order chi connectivity index (χ1) is 8.85. The lowest BCUT2D eigenvalue weighted by Gasteiger charge is -2.43. The predicted molar refractivity (Wildman–Crippen MR) is 70.9 cm³/mol. The summed E-state index contributed by atoms with van der Waals surface area (Å²) < 4.78 is 16.5. The first-order valence-corrected chi connectivity index (χ1v) is 7.29. The maximum Gasteiger partial charge on any atom is 0.0741 e. The van der Waals surface area contributed by atoms with E-state index in [9.17, 15) is 0 Å². The van der Waals surface area contributed by atoms with Gasteiger partial charge in [-0.1, -0.05) is 0 Å². The molecule has 2 aliphatic heterocycles. The predicted octanol–water partition coefficient (Wildman–Crippen LogP) is 1.73. The van der Waals surface area contributed by atoms with Crippen LogP contribution in [0.5, 0.6) is 0 Å². The van der Waals surface area contributed by atoms with Gasteiger partial charge in [0, 0.05) is 39.6 Å². The molecule has 0 aromatic carbocycles. The highest BCUT2D eigenvalue weighted by Crippen LogP contribution is 2.34. The third-order valence-electron chi connectivity index (χ3n) is 4.11. The molecule has 0 amide bonds. The Balaban J connectivity index is 1.66. The number of nitrogens with one attached hydrogen (secondary N) is 1. The minimum atomic E-state index is 0.112. The lowest BCUT2D eigenvalue weighted by Crippen LogP contribution is -2.50. The molecule has 4 heteroatoms. The first kappa shape index (κ1) is 14.3. The van der Waals surface area contributed by atoms with Crippen LogP contribution in [0.4, 0.5) is 0 Å². The van der Waals surface area contributed by atoms with Crippen LogP contribution < -0.4 is 5.32 Å². The summed E-state index contributed by atoms with van der Waals surface area (Å²) in [5.41, 5.74) is 0.112. The maximum absolute atomic E-state index is 6.04. The Morgan fingerprint density at radius 3 is 2.83 bits per heavy atom. The van der Waals surface area contributed by atoms with E-state index in [0.717, 1.165) is 65.1 Å². The molecule has 2 heterocycles. The molecule has 0 radical (unpaired) electrons. The Hall–Kier alpha value is -0.160. The minimum Gasteiger partial charge on any atom is -0.385 e. The second-order valence-corrected chi connectivity index (χ2v) is 5.49. The second-order valence-electron chi connectivity index (χ2n) is 5.49. The zero-order valence-electron chi connectivity index (χ0n) is 11.6. The highest BCUT2D eigenvalue weighted by Gasteiger charge is 2.38. The van der Waals surface area contributed by atoms with Crippen molar-refractivity contribution in [3.8, 4) is 0 Å². The van der Waals surface area contributed by atoms with Gasteiger partial charge in [0.05, 0.1) is 5.60 Å². The molecule has 1 atom stereocenters. The Morgan fingerprint density at radius 2 is 2.06 bits per heavy atom. The van der Waals surface area contributed by atoms with E-state index in [1.165, 1.54) is 6.42 Å². The molecule has 1 spiro atoms. The summed E-state index contributed by atoms with van der Waals surface area (Å²) >= 11 is 0. The quantitative estimate of drug-likeness (QED) is 0.736. The summed E-state index contributed by atoms with van der Waals surface area (Å²) in [6.07, 6.45) is 6.77. The summed E-state index contributed by atoms with van der Waals surface area (Å²) in [6, 6.07) is 0.624. The SMILES string of the molecule is COCCCCNC1CCOC2(CCOCC2)C1. The molecule has 4 nitrogen and oxygen atoms in total. The van der Waals surface area contributed by atoms with Gasteiger partial charge in [0.2, 0.25) is 0 Å². The number of hydrogen-bond acceptors (Lipinski definition) is 4. The van der Waals surface area contributed by atoms with Gasteiger partial charge >= 0.3 is 0 Å². The van der Waals surface area contributed by atoms with E-state index in [4.69, 9.17) is 14.2 Å². The third-order valence-corrected chi connectivity index (χ3v) is 4.11. The zero-order valence-corrected chi connectivity index (χ0v) is 11.6. The highest BCUT2D eigenvalue weighted by molar-refractivity contribution is 4.91. The van der Waals surface area contributed by atoms with Crippen molar-refractivity contribution in [1.82, 2.24) is 5.32 Å². The van der Waals surface area contributed by atoms with Gasteiger partial charge in [-0.05, 0) is 45.1 Å². The maximum atomic E-state index is 6.04. The molecular formula is C14H27NO3. The van der Waals surface area contributed by atoms with Gasteiger partial charge in [0.15, 0.2) is 0 Å². The number of methoxy groups -OCH3 is 1. The molecule has 0 aromatic heterocycles. The Bertz CT molecular complexity index is 224. The largest absolute Gasteiger partial charge is 0.385 e. The third kappa shape index (κ3) is 4.19. The van der Waals surface area contributed by atoms with Crippen LogP contribution >= 0.6 is 0 Å². The number of ether oxygens (including phenoxy) is 3. The Labute approximate surface area is 110 Å². The van der Waals surface area contributed by atoms with Crippen molar-refractivity contribution in [3.05, 3.63) is 0 Å². The normalized spacial score (nSPS) is 27.5. The summed E-state index contributed by atoms with van der Waals surface area (Å²) in [7, 11) is 1.76. The zero-order chi connectivity index (χ0) is 12.7. The molecule has 0 bridgehead atoms. The molecule has 106 valence electrons. The molecular weight excluding hydrogens is 230 g/mol. The van der Waals surface area contributed by atoms with E-state index in [0.29, 0.717) is 6.04 Å². The van der Waals surface area contributed by atoms with Crippen molar-refractivity contribution in [1.29, 1.82) is 0 Å². The van der Waals surface area contributed by atoms with Crippen LogP contribution in [-0.2, 0) is 14.2 Å². The van der Waals surface area contributed by atoms with E-state index >= 15 is 0 Å². The number of hydrogen-bond donors (Lipinski definition) is 1. The monoisotopic (exact) mass is 257 g/mol. The Morgan fingerprint density at radius 1 is 1.22 bits per heavy atom. The van der Waals surface area contributed by atoms with Crippen molar-refractivity contribution >= 4 is 0 Å². The van der Waals surface area contributed by atoms with Crippen LogP contribution in [0.2, 0.25) is 0 Å². The van der Waals surface area contributed by atoms with Gasteiger partial charge in [-0.2, -0.15) is 0 Å². The molecule has 18 heavy (non-hydrogen) atoms. The van der Waals surface area contributed by atoms with Crippen molar-refractivity contribution in [3.63, 3.8) is 0 Å². The van der Waals surface area contributed by atoms with Gasteiger partial charge in [0.25, 0.3) is 0 Å². The van der Waals surface area contributed by atoms with Crippen LogP contribution in [0.3, 0.4) is 0 Å². The summed E-state index contributed by atoms with van der Waals surface area (Å²) in [4.78, 5) is 0. The second kappa shape index (κ2) is 7.43. The fraction of sp³-hybridized carbons (Fsp3) is 1.00. The molecule has 2 aliphatic rings. The van der Waals surface area contributed by atoms with Crippen molar-refractivity contribution in [2.24, 2.45) is 0 Å². The van der Waals surface area contributed by atoms with E-state index in [1.54, 1.807) is 7.11 Å². The van der Waals surface area contributed by atoms with Crippen molar-refractivity contribution in [2.75, 3.05) is 40.1 Å². The van der Waals surface area contributed by atoms with Crippen LogP contribution in [0, 0.1) is 0 Å². The number of rotatable bonds is 6. The van der Waals surface area contributed by atoms with Gasteiger partial charge in [-0.3, -0.25) is 0 Å². The fourth-order valence-corrected chi connectivity index (χ4v) is 2.97. The van der Waals surface area contributed by atoms with Crippen LogP contribution in [0.15, 0.2) is 0 Å². The van der Waals surface area contributed by atoms with Crippen molar-refractivity contribution < 1.29 is 14.2 Å². The average molecular weight is 257 g/mol. The van der Waals surface area contributed by atoms with E-state index in [2.05, 4.69) is 5.32 Å². The lowest BCUT2D eigenvalue weighted by atomic mass is 9.84. The summed E-state index contributed by atoms with van der Waals surface area (Å²) in [5, 5.41) is 3.68. The molecule has 1 N–H and O–H groups in total. The molecule has 2 saturated heterocycles. The van der Waals surface area contributed by atoms with E-state index in [-0.39, 0.29) is 5.60 Å². The molecule has 1 unspecified atom stereocenters. The van der Waals surface area contributed by atoms with Gasteiger partial charge in [-0.15, -0.1) is 0 Å². The number of unbranched alkanes of at least 4 members (excludes halogenated alkanes) is 1. The minimum absolute atomic E-state index is 0.112. The van der Waals surface area contributed by atoms with Crippen molar-refractivity contribution in [2.45, 2.75) is 50.2 Å². The molecule has 0 aliphatic carbocycles. The standard InChI is InChI=1S/C14H27NO3/c1-16-8-3-2-7-15-13-4-9-18-14(12-13)5-10-17-11-6-14/h13,15H,2-12H2,1H3. The lowest BCUT2D eigenvalue weighted by molar-refractivity contribution is -0.140. The van der Waals surface area contributed by atoms with Crippen LogP contribution in [-0.4, -0.2) is 51.7 Å². The molecule has 2 fully saturated rings. The smallest absolute Gasteiger partial charge is 0.0741 e. The summed E-state index contributed by atoms with van der Waals surface area (Å²) in [5.74, 6) is 0.